The monoisotopic (exact) mass is 164 g/mol. The van der Waals surface area contributed by atoms with Gasteiger partial charge in [0.1, 0.15) is 0 Å². The molecule has 0 heterocycles. The van der Waals surface area contributed by atoms with Gasteiger partial charge in [-0.1, -0.05) is 25.5 Å². The van der Waals surface area contributed by atoms with Gasteiger partial charge >= 0.3 is 0 Å². The van der Waals surface area contributed by atoms with Gasteiger partial charge in [-0.05, 0) is 37.0 Å². The largest absolute Gasteiger partial charge is 0.103 e. The minimum Gasteiger partial charge on any atom is -0.103 e. The molecule has 0 N–H and O–H groups in total. The molecule has 0 aliphatic heterocycles. The van der Waals surface area contributed by atoms with E-state index in [0.717, 1.165) is 11.8 Å². The van der Waals surface area contributed by atoms with E-state index in [1.165, 1.54) is 18.4 Å². The highest BCUT2D eigenvalue weighted by molar-refractivity contribution is 5.07. The molecule has 0 nitrogen and oxygen atoms in total. The maximum Gasteiger partial charge on any atom is -0.0179 e. The Morgan fingerprint density at radius 2 is 2.17 bits per heavy atom. The molecule has 1 aliphatic carbocycles. The molecular formula is C12H20. The lowest BCUT2D eigenvalue weighted by molar-refractivity contribution is 0.0125. The van der Waals surface area contributed by atoms with Crippen LogP contribution in [0.15, 0.2) is 24.8 Å². The van der Waals surface area contributed by atoms with Crippen LogP contribution in [0.2, 0.25) is 0 Å². The topological polar surface area (TPSA) is 0 Å². The van der Waals surface area contributed by atoms with Crippen molar-refractivity contribution >= 4 is 0 Å². The van der Waals surface area contributed by atoms with Gasteiger partial charge in [0.25, 0.3) is 0 Å². The molecule has 1 fully saturated rings. The highest BCUT2D eigenvalue weighted by atomic mass is 14.5. The molecule has 1 saturated carbocycles. The van der Waals surface area contributed by atoms with E-state index >= 15 is 0 Å². The molecule has 0 aromatic heterocycles. The Morgan fingerprint density at radius 3 is 2.50 bits per heavy atom. The second-order valence-corrected chi connectivity index (χ2v) is 4.76. The molecule has 0 bridgehead atoms. The standard InChI is InChI=1S/C12H20/c1-6-10-8-11(7-9(2)3)12(10,4)5/h6,10-11H,1-2,7-8H2,3-5H3/t10-,11+/m1/s1. The van der Waals surface area contributed by atoms with Crippen LogP contribution in [0, 0.1) is 17.3 Å². The van der Waals surface area contributed by atoms with Crippen molar-refractivity contribution in [3.05, 3.63) is 24.8 Å². The van der Waals surface area contributed by atoms with E-state index in [4.69, 9.17) is 0 Å². The Hall–Kier alpha value is -0.520. The van der Waals surface area contributed by atoms with Crippen molar-refractivity contribution in [2.24, 2.45) is 17.3 Å². The van der Waals surface area contributed by atoms with Gasteiger partial charge in [0.15, 0.2) is 0 Å². The molecule has 0 amide bonds. The smallest absolute Gasteiger partial charge is 0.0179 e. The lowest BCUT2D eigenvalue weighted by atomic mass is 9.53. The van der Waals surface area contributed by atoms with Gasteiger partial charge in [-0.25, -0.2) is 0 Å². The van der Waals surface area contributed by atoms with Crippen molar-refractivity contribution in [1.82, 2.24) is 0 Å². The van der Waals surface area contributed by atoms with E-state index in [0.29, 0.717) is 5.41 Å². The highest BCUT2D eigenvalue weighted by Gasteiger charge is 2.45. The number of allylic oxidation sites excluding steroid dienone is 2. The summed E-state index contributed by atoms with van der Waals surface area (Å²) in [6, 6.07) is 0. The zero-order chi connectivity index (χ0) is 9.35. The highest BCUT2D eigenvalue weighted by Crippen LogP contribution is 2.53. The molecule has 0 aromatic carbocycles. The fourth-order valence-corrected chi connectivity index (χ4v) is 2.22. The van der Waals surface area contributed by atoms with E-state index in [1.807, 2.05) is 0 Å². The molecule has 0 heteroatoms. The molecule has 1 rings (SSSR count). The first kappa shape index (κ1) is 9.57. The minimum absolute atomic E-state index is 0.459. The van der Waals surface area contributed by atoms with E-state index in [9.17, 15) is 0 Å². The Kier molecular flexibility index (Phi) is 2.46. The molecule has 68 valence electrons. The molecule has 0 radical (unpaired) electrons. The molecule has 0 spiro atoms. The van der Waals surface area contributed by atoms with Gasteiger partial charge in [0.05, 0.1) is 0 Å². The molecular weight excluding hydrogens is 144 g/mol. The van der Waals surface area contributed by atoms with Crippen LogP contribution in [0.25, 0.3) is 0 Å². The fraction of sp³-hybridized carbons (Fsp3) is 0.667. The third kappa shape index (κ3) is 1.48. The first-order valence-electron chi connectivity index (χ1n) is 4.75. The third-order valence-electron chi connectivity index (χ3n) is 3.43. The summed E-state index contributed by atoms with van der Waals surface area (Å²) >= 11 is 0. The van der Waals surface area contributed by atoms with Crippen LogP contribution in [0.4, 0.5) is 0 Å². The lowest BCUT2D eigenvalue weighted by Gasteiger charge is -2.51. The van der Waals surface area contributed by atoms with Gasteiger partial charge in [0, 0.05) is 0 Å². The fourth-order valence-electron chi connectivity index (χ4n) is 2.22. The maximum absolute atomic E-state index is 3.97. The zero-order valence-electron chi connectivity index (χ0n) is 8.56. The van der Waals surface area contributed by atoms with Crippen molar-refractivity contribution in [3.63, 3.8) is 0 Å². The summed E-state index contributed by atoms with van der Waals surface area (Å²) < 4.78 is 0. The Labute approximate surface area is 76.4 Å². The maximum atomic E-state index is 3.97. The number of hydrogen-bond acceptors (Lipinski definition) is 0. The summed E-state index contributed by atoms with van der Waals surface area (Å²) in [5, 5.41) is 0. The summed E-state index contributed by atoms with van der Waals surface area (Å²) in [5.41, 5.74) is 1.77. The van der Waals surface area contributed by atoms with E-state index < -0.39 is 0 Å². The molecule has 1 aliphatic rings. The second kappa shape index (κ2) is 3.08. The van der Waals surface area contributed by atoms with Gasteiger partial charge < -0.3 is 0 Å². The minimum atomic E-state index is 0.459. The zero-order valence-corrected chi connectivity index (χ0v) is 8.56. The average Bonchev–Trinajstić information content (AvgIpc) is 1.96. The SMILES string of the molecule is C=C[C@@H]1C[C@H](CC(=C)C)C1(C)C. The van der Waals surface area contributed by atoms with E-state index in [2.05, 4.69) is 40.0 Å². The van der Waals surface area contributed by atoms with Gasteiger partial charge in [0.2, 0.25) is 0 Å². The van der Waals surface area contributed by atoms with Crippen LogP contribution in [0.1, 0.15) is 33.6 Å². The summed E-state index contributed by atoms with van der Waals surface area (Å²) in [4.78, 5) is 0. The first-order chi connectivity index (χ1) is 5.48. The lowest BCUT2D eigenvalue weighted by Crippen LogP contribution is -2.43. The summed E-state index contributed by atoms with van der Waals surface area (Å²) in [6.45, 7) is 14.6. The summed E-state index contributed by atoms with van der Waals surface area (Å²) in [5.74, 6) is 1.56. The van der Waals surface area contributed by atoms with Gasteiger partial charge in [-0.15, -0.1) is 13.2 Å². The van der Waals surface area contributed by atoms with Crippen LogP contribution in [0.3, 0.4) is 0 Å². The second-order valence-electron chi connectivity index (χ2n) is 4.76. The van der Waals surface area contributed by atoms with Crippen molar-refractivity contribution in [2.75, 3.05) is 0 Å². The quantitative estimate of drug-likeness (QED) is 0.556. The summed E-state index contributed by atoms with van der Waals surface area (Å²) in [7, 11) is 0. The third-order valence-corrected chi connectivity index (χ3v) is 3.43. The molecule has 12 heavy (non-hydrogen) atoms. The van der Waals surface area contributed by atoms with Crippen LogP contribution >= 0.6 is 0 Å². The normalized spacial score (nSPS) is 32.2. The van der Waals surface area contributed by atoms with Crippen LogP contribution in [-0.4, -0.2) is 0 Å². The molecule has 0 aromatic rings. The van der Waals surface area contributed by atoms with Crippen LogP contribution < -0.4 is 0 Å². The first-order valence-corrected chi connectivity index (χ1v) is 4.75. The molecule has 0 unspecified atom stereocenters. The molecule has 0 saturated heterocycles. The van der Waals surface area contributed by atoms with Crippen molar-refractivity contribution in [2.45, 2.75) is 33.6 Å². The van der Waals surface area contributed by atoms with Crippen molar-refractivity contribution < 1.29 is 0 Å². The predicted octanol–water partition coefficient (Wildman–Crippen LogP) is 3.80. The van der Waals surface area contributed by atoms with Gasteiger partial charge in [-0.2, -0.15) is 0 Å². The number of hydrogen-bond donors (Lipinski definition) is 0. The Morgan fingerprint density at radius 1 is 1.58 bits per heavy atom. The van der Waals surface area contributed by atoms with Crippen molar-refractivity contribution in [3.8, 4) is 0 Å². The van der Waals surface area contributed by atoms with E-state index in [-0.39, 0.29) is 0 Å². The Balaban J connectivity index is 2.53. The summed E-state index contributed by atoms with van der Waals surface area (Å²) in [6.07, 6.45) is 4.61. The Bertz CT molecular complexity index is 198. The number of rotatable bonds is 3. The van der Waals surface area contributed by atoms with Gasteiger partial charge in [-0.3, -0.25) is 0 Å². The predicted molar refractivity (Wildman–Crippen MR) is 55.0 cm³/mol. The van der Waals surface area contributed by atoms with Crippen molar-refractivity contribution in [1.29, 1.82) is 0 Å². The van der Waals surface area contributed by atoms with Crippen LogP contribution in [-0.2, 0) is 0 Å². The van der Waals surface area contributed by atoms with E-state index in [1.54, 1.807) is 0 Å². The van der Waals surface area contributed by atoms with Crippen LogP contribution in [0.5, 0.6) is 0 Å². The molecule has 2 atom stereocenters. The average molecular weight is 164 g/mol.